The van der Waals surface area contributed by atoms with Crippen LogP contribution in [0.1, 0.15) is 17.9 Å². The summed E-state index contributed by atoms with van der Waals surface area (Å²) in [5.41, 5.74) is 1.75. The van der Waals surface area contributed by atoms with Crippen molar-refractivity contribution in [3.05, 3.63) is 64.7 Å². The number of ketones is 2. The van der Waals surface area contributed by atoms with Gasteiger partial charge in [-0.25, -0.2) is 0 Å². The lowest BCUT2D eigenvalue weighted by molar-refractivity contribution is -0.127. The molecule has 0 saturated carbocycles. The Bertz CT molecular complexity index is 761. The third-order valence-corrected chi connectivity index (χ3v) is 6.52. The van der Waals surface area contributed by atoms with Gasteiger partial charge < -0.3 is 5.11 Å². The standard InChI is InChI=1S/C18H14Br2O3/c1-2-10-5-8-13-17(23)14(19)9-15(22)18(13,20)16(10)11-3-6-12(21)7-4-11/h2-7,9,13,16,21H,1,8H2/t13-,16+,18+/m0/s1. The molecule has 3 nitrogen and oxygen atoms in total. The summed E-state index contributed by atoms with van der Waals surface area (Å²) < 4.78 is -0.709. The van der Waals surface area contributed by atoms with Crippen LogP contribution in [0.4, 0.5) is 0 Å². The molecule has 0 aromatic heterocycles. The van der Waals surface area contributed by atoms with Crippen molar-refractivity contribution in [3.8, 4) is 5.75 Å². The molecule has 1 aromatic carbocycles. The van der Waals surface area contributed by atoms with Crippen molar-refractivity contribution in [2.24, 2.45) is 5.92 Å². The van der Waals surface area contributed by atoms with Gasteiger partial charge in [-0.15, -0.1) is 0 Å². The van der Waals surface area contributed by atoms with E-state index in [4.69, 9.17) is 0 Å². The average molecular weight is 438 g/mol. The van der Waals surface area contributed by atoms with Gasteiger partial charge >= 0.3 is 0 Å². The summed E-state index contributed by atoms with van der Waals surface area (Å²) in [5.74, 6) is -0.879. The minimum Gasteiger partial charge on any atom is -0.508 e. The first-order chi connectivity index (χ1) is 10.9. The predicted molar refractivity (Wildman–Crippen MR) is 95.9 cm³/mol. The van der Waals surface area contributed by atoms with Crippen molar-refractivity contribution in [3.63, 3.8) is 0 Å². The van der Waals surface area contributed by atoms with Crippen molar-refractivity contribution in [2.75, 3.05) is 0 Å². The lowest BCUT2D eigenvalue weighted by Crippen LogP contribution is -2.52. The van der Waals surface area contributed by atoms with Crippen LogP contribution >= 0.6 is 31.9 Å². The number of carbonyl (C=O) groups is 2. The first kappa shape index (κ1) is 16.4. The fourth-order valence-corrected chi connectivity index (χ4v) is 4.89. The highest BCUT2D eigenvalue weighted by atomic mass is 79.9. The van der Waals surface area contributed by atoms with Gasteiger partial charge in [0.25, 0.3) is 0 Å². The number of allylic oxidation sites excluding steroid dienone is 5. The Morgan fingerprint density at radius 3 is 2.52 bits per heavy atom. The zero-order chi connectivity index (χ0) is 16.8. The molecule has 0 aliphatic heterocycles. The summed E-state index contributed by atoms with van der Waals surface area (Å²) in [6.07, 6.45) is 5.52. The molecule has 0 amide bonds. The molecule has 0 spiro atoms. The first-order valence-electron chi connectivity index (χ1n) is 7.15. The molecule has 0 unspecified atom stereocenters. The molecular weight excluding hydrogens is 424 g/mol. The Labute approximate surface area is 151 Å². The van der Waals surface area contributed by atoms with Crippen LogP contribution in [0.25, 0.3) is 0 Å². The summed E-state index contributed by atoms with van der Waals surface area (Å²) in [5, 5.41) is 9.52. The third-order valence-electron chi connectivity index (χ3n) is 4.50. The summed E-state index contributed by atoms with van der Waals surface area (Å²) >= 11 is 6.82. The van der Waals surface area contributed by atoms with Gasteiger partial charge in [0, 0.05) is 12.0 Å². The Hall–Kier alpha value is -1.46. The van der Waals surface area contributed by atoms with E-state index in [2.05, 4.69) is 38.4 Å². The maximum absolute atomic E-state index is 12.8. The van der Waals surface area contributed by atoms with Gasteiger partial charge in [0.2, 0.25) is 0 Å². The fourth-order valence-electron chi connectivity index (χ4n) is 3.37. The minimum absolute atomic E-state index is 0.0791. The Kier molecular flexibility index (Phi) is 4.19. The molecule has 0 saturated heterocycles. The van der Waals surface area contributed by atoms with Gasteiger partial charge in [-0.2, -0.15) is 0 Å². The van der Waals surface area contributed by atoms with Gasteiger partial charge in [-0.1, -0.05) is 46.8 Å². The molecule has 3 atom stereocenters. The highest BCUT2D eigenvalue weighted by Crippen LogP contribution is 2.54. The van der Waals surface area contributed by atoms with E-state index in [1.165, 1.54) is 6.08 Å². The number of phenols is 1. The zero-order valence-electron chi connectivity index (χ0n) is 12.1. The van der Waals surface area contributed by atoms with Gasteiger partial charge in [0.1, 0.15) is 10.1 Å². The molecule has 2 aliphatic rings. The smallest absolute Gasteiger partial charge is 0.175 e. The Balaban J connectivity index is 2.21. The monoisotopic (exact) mass is 436 g/mol. The number of phenolic OH excluding ortho intramolecular Hbond substituents is 1. The Morgan fingerprint density at radius 2 is 1.91 bits per heavy atom. The van der Waals surface area contributed by atoms with Crippen LogP contribution in [-0.2, 0) is 9.59 Å². The van der Waals surface area contributed by atoms with Crippen molar-refractivity contribution in [2.45, 2.75) is 16.7 Å². The number of carbonyl (C=O) groups excluding carboxylic acids is 2. The molecule has 5 heteroatoms. The van der Waals surface area contributed by atoms with Crippen LogP contribution in [0.2, 0.25) is 0 Å². The number of halogens is 2. The summed E-state index contributed by atoms with van der Waals surface area (Å²) in [7, 11) is 0. The second-order valence-corrected chi connectivity index (χ2v) is 7.88. The molecule has 1 N–H and O–H groups in total. The van der Waals surface area contributed by atoms with Crippen molar-refractivity contribution in [1.29, 1.82) is 0 Å². The molecule has 1 aromatic rings. The zero-order valence-corrected chi connectivity index (χ0v) is 15.3. The third kappa shape index (κ3) is 2.46. The van der Waals surface area contributed by atoms with Crippen molar-refractivity contribution < 1.29 is 14.7 Å². The molecule has 23 heavy (non-hydrogen) atoms. The lowest BCUT2D eigenvalue weighted by Gasteiger charge is -2.45. The van der Waals surface area contributed by atoms with Crippen LogP contribution in [0.15, 0.2) is 59.1 Å². The number of alkyl halides is 1. The van der Waals surface area contributed by atoms with E-state index in [9.17, 15) is 14.7 Å². The predicted octanol–water partition coefficient (Wildman–Crippen LogP) is 4.17. The molecule has 0 bridgehead atoms. The number of hydrogen-bond acceptors (Lipinski definition) is 3. The number of Topliss-reactive ketones (excluding diaryl/α,β-unsaturated/α-hetero) is 1. The maximum atomic E-state index is 12.8. The van der Waals surface area contributed by atoms with Crippen molar-refractivity contribution >= 4 is 43.4 Å². The SMILES string of the molecule is C=CC1=CC[C@H]2C(=O)C(Br)=CC(=O)[C@@]2(Br)[C@H]1c1ccc(O)cc1. The first-order valence-corrected chi connectivity index (χ1v) is 8.74. The van der Waals surface area contributed by atoms with E-state index in [-0.39, 0.29) is 23.2 Å². The molecule has 0 radical (unpaired) electrons. The quantitative estimate of drug-likeness (QED) is 0.706. The number of aromatic hydroxyl groups is 1. The topological polar surface area (TPSA) is 54.4 Å². The van der Waals surface area contributed by atoms with Crippen LogP contribution in [-0.4, -0.2) is 21.0 Å². The van der Waals surface area contributed by atoms with E-state index >= 15 is 0 Å². The highest BCUT2D eigenvalue weighted by molar-refractivity contribution is 9.12. The van der Waals surface area contributed by atoms with Gasteiger partial charge in [0.15, 0.2) is 11.6 Å². The van der Waals surface area contributed by atoms with Crippen LogP contribution in [0.5, 0.6) is 5.75 Å². The van der Waals surface area contributed by atoms with Crippen LogP contribution in [0, 0.1) is 5.92 Å². The summed E-state index contributed by atoms with van der Waals surface area (Å²) in [6, 6.07) is 6.70. The van der Waals surface area contributed by atoms with E-state index in [0.717, 1.165) is 11.1 Å². The second kappa shape index (κ2) is 5.87. The van der Waals surface area contributed by atoms with Crippen molar-refractivity contribution in [1.82, 2.24) is 0 Å². The molecular formula is C18H14Br2O3. The highest BCUT2D eigenvalue weighted by Gasteiger charge is 2.56. The Morgan fingerprint density at radius 1 is 1.26 bits per heavy atom. The minimum atomic E-state index is -1.03. The lowest BCUT2D eigenvalue weighted by atomic mass is 9.64. The van der Waals surface area contributed by atoms with Crippen LogP contribution < -0.4 is 0 Å². The molecule has 0 heterocycles. The maximum Gasteiger partial charge on any atom is 0.175 e. The number of benzene rings is 1. The van der Waals surface area contributed by atoms with E-state index in [0.29, 0.717) is 10.9 Å². The number of rotatable bonds is 2. The second-order valence-electron chi connectivity index (χ2n) is 5.71. The van der Waals surface area contributed by atoms with E-state index < -0.39 is 10.2 Å². The largest absolute Gasteiger partial charge is 0.508 e. The van der Waals surface area contributed by atoms with E-state index in [1.54, 1.807) is 30.3 Å². The fraction of sp³-hybridized carbons (Fsp3) is 0.222. The molecule has 2 aliphatic carbocycles. The summed E-state index contributed by atoms with van der Waals surface area (Å²) in [6.45, 7) is 3.85. The van der Waals surface area contributed by atoms with E-state index in [1.807, 2.05) is 6.08 Å². The number of fused-ring (bicyclic) bond motifs is 1. The van der Waals surface area contributed by atoms with Gasteiger partial charge in [-0.3, -0.25) is 9.59 Å². The molecule has 0 fully saturated rings. The summed E-state index contributed by atoms with van der Waals surface area (Å²) in [4.78, 5) is 25.3. The normalized spacial score (nSPS) is 30.3. The van der Waals surface area contributed by atoms with Crippen LogP contribution in [0.3, 0.4) is 0 Å². The molecule has 118 valence electrons. The van der Waals surface area contributed by atoms with Gasteiger partial charge in [-0.05, 0) is 45.6 Å². The average Bonchev–Trinajstić information content (AvgIpc) is 2.53. The number of hydrogen-bond donors (Lipinski definition) is 1. The van der Waals surface area contributed by atoms with Gasteiger partial charge in [0.05, 0.1) is 10.4 Å². The molecule has 3 rings (SSSR count).